The Morgan fingerprint density at radius 1 is 0.968 bits per heavy atom. The van der Waals surface area contributed by atoms with Crippen LogP contribution in [0.15, 0.2) is 60.9 Å². The monoisotopic (exact) mass is 427 g/mol. The van der Waals surface area contributed by atoms with Gasteiger partial charge in [-0.15, -0.1) is 11.3 Å². The third-order valence-corrected chi connectivity index (χ3v) is 6.33. The number of fused-ring (bicyclic) bond motifs is 2. The maximum Gasteiger partial charge on any atom is 0.162 e. The van der Waals surface area contributed by atoms with Crippen molar-refractivity contribution in [2.75, 3.05) is 12.4 Å². The predicted octanol–water partition coefficient (Wildman–Crippen LogP) is 6.18. The third kappa shape index (κ3) is 3.68. The Kier molecular flexibility index (Phi) is 4.95. The van der Waals surface area contributed by atoms with Crippen molar-refractivity contribution >= 4 is 44.0 Å². The van der Waals surface area contributed by atoms with Crippen molar-refractivity contribution in [3.63, 3.8) is 0 Å². The third-order valence-electron chi connectivity index (χ3n) is 5.01. The second-order valence-electron chi connectivity index (χ2n) is 7.50. The number of hydrogen-bond acceptors (Lipinski definition) is 7. The summed E-state index contributed by atoms with van der Waals surface area (Å²) in [4.78, 5) is 18.4. The first-order valence-electron chi connectivity index (χ1n) is 10.0. The first-order chi connectivity index (χ1) is 15.1. The van der Waals surface area contributed by atoms with Crippen LogP contribution in [0.3, 0.4) is 0 Å². The largest absolute Gasteiger partial charge is 0.494 e. The second-order valence-corrected chi connectivity index (χ2v) is 8.56. The van der Waals surface area contributed by atoms with Crippen molar-refractivity contribution in [1.82, 2.24) is 19.9 Å². The van der Waals surface area contributed by atoms with Crippen LogP contribution in [0.25, 0.3) is 32.5 Å². The van der Waals surface area contributed by atoms with E-state index in [1.807, 2.05) is 42.5 Å². The molecule has 0 aliphatic carbocycles. The molecule has 0 saturated heterocycles. The normalized spacial score (nSPS) is 11.4. The van der Waals surface area contributed by atoms with Crippen LogP contribution in [0.4, 0.5) is 11.5 Å². The zero-order valence-electron chi connectivity index (χ0n) is 17.5. The van der Waals surface area contributed by atoms with E-state index in [1.54, 1.807) is 30.8 Å². The van der Waals surface area contributed by atoms with E-state index in [0.29, 0.717) is 17.5 Å². The van der Waals surface area contributed by atoms with Gasteiger partial charge in [-0.1, -0.05) is 19.9 Å². The van der Waals surface area contributed by atoms with Gasteiger partial charge in [0.25, 0.3) is 0 Å². The number of nitrogens with one attached hydrogen (secondary N) is 1. The molecule has 0 fully saturated rings. The fourth-order valence-corrected chi connectivity index (χ4v) is 4.43. The van der Waals surface area contributed by atoms with Crippen LogP contribution in [-0.2, 0) is 0 Å². The molecule has 0 unspecified atom stereocenters. The van der Waals surface area contributed by atoms with Crippen molar-refractivity contribution < 1.29 is 4.74 Å². The molecule has 0 aliphatic heterocycles. The van der Waals surface area contributed by atoms with Gasteiger partial charge in [-0.3, -0.25) is 4.98 Å². The lowest BCUT2D eigenvalue weighted by atomic mass is 10.2. The van der Waals surface area contributed by atoms with Crippen LogP contribution in [0, 0.1) is 0 Å². The van der Waals surface area contributed by atoms with E-state index >= 15 is 0 Å². The van der Waals surface area contributed by atoms with E-state index in [2.05, 4.69) is 30.2 Å². The number of rotatable bonds is 5. The molecular formula is C24H21N5OS. The van der Waals surface area contributed by atoms with Gasteiger partial charge in [0.2, 0.25) is 0 Å². The molecule has 0 aliphatic rings. The Morgan fingerprint density at radius 2 is 1.81 bits per heavy atom. The Balaban J connectivity index is 1.64. The fourth-order valence-electron chi connectivity index (χ4n) is 3.42. The molecule has 0 amide bonds. The highest BCUT2D eigenvalue weighted by Crippen LogP contribution is 2.34. The number of anilines is 2. The number of benzene rings is 2. The SMILES string of the molecule is COc1cccc2c(Nc3ccc4nc(C(C)C)sc4c3)nc(-c3ccncc3)nc12. The van der Waals surface area contributed by atoms with Crippen molar-refractivity contribution in [1.29, 1.82) is 0 Å². The van der Waals surface area contributed by atoms with Crippen molar-refractivity contribution in [2.45, 2.75) is 19.8 Å². The van der Waals surface area contributed by atoms with Crippen LogP contribution in [0.5, 0.6) is 5.75 Å². The molecule has 6 nitrogen and oxygen atoms in total. The maximum atomic E-state index is 5.57. The van der Waals surface area contributed by atoms with E-state index in [-0.39, 0.29) is 0 Å². The first-order valence-corrected chi connectivity index (χ1v) is 10.9. The zero-order chi connectivity index (χ0) is 21.4. The molecule has 31 heavy (non-hydrogen) atoms. The van der Waals surface area contributed by atoms with Gasteiger partial charge in [0.15, 0.2) is 5.82 Å². The fraction of sp³-hybridized carbons (Fsp3) is 0.167. The van der Waals surface area contributed by atoms with Crippen LogP contribution in [-0.4, -0.2) is 27.0 Å². The molecule has 3 heterocycles. The maximum absolute atomic E-state index is 5.57. The lowest BCUT2D eigenvalue weighted by molar-refractivity contribution is 0.419. The number of nitrogens with zero attached hydrogens (tertiary/aromatic N) is 4. The summed E-state index contributed by atoms with van der Waals surface area (Å²) in [5.74, 6) is 2.46. The summed E-state index contributed by atoms with van der Waals surface area (Å²) in [5, 5.41) is 5.53. The van der Waals surface area contributed by atoms with Crippen LogP contribution < -0.4 is 10.1 Å². The van der Waals surface area contributed by atoms with Crippen LogP contribution >= 0.6 is 11.3 Å². The molecule has 5 rings (SSSR count). The minimum Gasteiger partial charge on any atom is -0.494 e. The van der Waals surface area contributed by atoms with E-state index in [4.69, 9.17) is 19.7 Å². The van der Waals surface area contributed by atoms with E-state index in [0.717, 1.165) is 43.2 Å². The minimum atomic E-state index is 0.412. The summed E-state index contributed by atoms with van der Waals surface area (Å²) >= 11 is 1.73. The molecule has 2 aromatic carbocycles. The number of pyridine rings is 1. The summed E-state index contributed by atoms with van der Waals surface area (Å²) in [6, 6.07) is 15.9. The van der Waals surface area contributed by atoms with Crippen LogP contribution in [0.1, 0.15) is 24.8 Å². The standard InChI is InChI=1S/C24H21N5OS/c1-14(2)24-27-18-8-7-16(13-20(18)31-24)26-23-17-5-4-6-19(30-3)21(17)28-22(29-23)15-9-11-25-12-10-15/h4-14H,1-3H3,(H,26,28,29). The quantitative estimate of drug-likeness (QED) is 0.361. The van der Waals surface area contributed by atoms with Gasteiger partial charge in [-0.05, 0) is 42.5 Å². The molecule has 0 atom stereocenters. The van der Waals surface area contributed by atoms with Gasteiger partial charge >= 0.3 is 0 Å². The van der Waals surface area contributed by atoms with Gasteiger partial charge in [0, 0.05) is 34.9 Å². The number of thiazole rings is 1. The minimum absolute atomic E-state index is 0.412. The van der Waals surface area contributed by atoms with Crippen molar-refractivity contribution in [3.8, 4) is 17.1 Å². The molecule has 3 aromatic heterocycles. The molecule has 1 N–H and O–H groups in total. The molecule has 0 bridgehead atoms. The Labute approximate surface area is 184 Å². The summed E-state index contributed by atoms with van der Waals surface area (Å²) in [6.45, 7) is 4.33. The predicted molar refractivity (Wildman–Crippen MR) is 126 cm³/mol. The van der Waals surface area contributed by atoms with Crippen LogP contribution in [0.2, 0.25) is 0 Å². The lowest BCUT2D eigenvalue weighted by Crippen LogP contribution is -2.00. The van der Waals surface area contributed by atoms with E-state index in [1.165, 1.54) is 0 Å². The number of ether oxygens (including phenoxy) is 1. The summed E-state index contributed by atoms with van der Waals surface area (Å²) < 4.78 is 6.72. The first kappa shape index (κ1) is 19.4. The molecule has 7 heteroatoms. The highest BCUT2D eigenvalue weighted by Gasteiger charge is 2.14. The van der Waals surface area contributed by atoms with Gasteiger partial charge in [-0.25, -0.2) is 15.0 Å². The highest BCUT2D eigenvalue weighted by molar-refractivity contribution is 7.18. The Morgan fingerprint density at radius 3 is 2.58 bits per heavy atom. The van der Waals surface area contributed by atoms with Gasteiger partial charge in [0.05, 0.1) is 22.3 Å². The number of aromatic nitrogens is 4. The van der Waals surface area contributed by atoms with Crippen molar-refractivity contribution in [3.05, 3.63) is 65.9 Å². The summed E-state index contributed by atoms with van der Waals surface area (Å²) in [5.41, 5.74) is 3.63. The van der Waals surface area contributed by atoms with E-state index < -0.39 is 0 Å². The molecule has 0 radical (unpaired) electrons. The topological polar surface area (TPSA) is 72.8 Å². The summed E-state index contributed by atoms with van der Waals surface area (Å²) in [6.07, 6.45) is 3.48. The van der Waals surface area contributed by atoms with Gasteiger partial charge < -0.3 is 10.1 Å². The lowest BCUT2D eigenvalue weighted by Gasteiger charge is -2.13. The average Bonchev–Trinajstić information content (AvgIpc) is 3.23. The molecule has 5 aromatic rings. The average molecular weight is 428 g/mol. The Bertz CT molecular complexity index is 1380. The van der Waals surface area contributed by atoms with Gasteiger partial charge in [-0.2, -0.15) is 0 Å². The Hall–Kier alpha value is -3.58. The number of hydrogen-bond donors (Lipinski definition) is 1. The number of methoxy groups -OCH3 is 1. The highest BCUT2D eigenvalue weighted by atomic mass is 32.1. The van der Waals surface area contributed by atoms with Gasteiger partial charge in [0.1, 0.15) is 17.1 Å². The van der Waals surface area contributed by atoms with E-state index in [9.17, 15) is 0 Å². The molecule has 0 saturated carbocycles. The molecule has 154 valence electrons. The smallest absolute Gasteiger partial charge is 0.162 e. The second kappa shape index (κ2) is 7.92. The van der Waals surface area contributed by atoms with Crippen molar-refractivity contribution in [2.24, 2.45) is 0 Å². The summed E-state index contributed by atoms with van der Waals surface area (Å²) in [7, 11) is 1.65. The number of para-hydroxylation sites is 1. The molecular weight excluding hydrogens is 406 g/mol. The molecule has 0 spiro atoms. The zero-order valence-corrected chi connectivity index (χ0v) is 18.3.